The van der Waals surface area contributed by atoms with Gasteiger partial charge < -0.3 is 15.0 Å². The summed E-state index contributed by atoms with van der Waals surface area (Å²) in [6.45, 7) is 2.13. The van der Waals surface area contributed by atoms with Gasteiger partial charge >= 0.3 is 0 Å². The van der Waals surface area contributed by atoms with Crippen molar-refractivity contribution >= 4 is 34.6 Å². The standard InChI is InChI=1S/C23H18N4O7/c1-14-2-4-15(5-3-14)12-25-20-10-17(6-7-21(20)34-13-22(25)28)24-23(29)16-8-18(26(30)31)11-19(9-16)27(32)33/h2-11H,12-13H2,1H3,(H,24,29). The lowest BCUT2D eigenvalue weighted by Gasteiger charge is -2.30. The highest BCUT2D eigenvalue weighted by Gasteiger charge is 2.27. The zero-order chi connectivity index (χ0) is 24.4. The van der Waals surface area contributed by atoms with Gasteiger partial charge in [0.25, 0.3) is 23.2 Å². The summed E-state index contributed by atoms with van der Waals surface area (Å²) in [6.07, 6.45) is 0. The molecular formula is C23H18N4O7. The number of fused-ring (bicyclic) bond motifs is 1. The smallest absolute Gasteiger partial charge is 0.277 e. The molecule has 0 aromatic heterocycles. The van der Waals surface area contributed by atoms with Gasteiger partial charge in [-0.25, -0.2) is 0 Å². The topological polar surface area (TPSA) is 145 Å². The highest BCUT2D eigenvalue weighted by Crippen LogP contribution is 2.36. The molecule has 34 heavy (non-hydrogen) atoms. The number of anilines is 2. The number of ether oxygens (including phenoxy) is 1. The van der Waals surface area contributed by atoms with E-state index in [1.807, 2.05) is 31.2 Å². The number of non-ortho nitro benzene ring substituents is 2. The Labute approximate surface area is 192 Å². The van der Waals surface area contributed by atoms with E-state index in [1.54, 1.807) is 18.2 Å². The minimum atomic E-state index is -0.811. The molecule has 0 saturated carbocycles. The molecule has 1 aliphatic rings. The lowest BCUT2D eigenvalue weighted by Crippen LogP contribution is -2.38. The van der Waals surface area contributed by atoms with E-state index in [4.69, 9.17) is 4.74 Å². The van der Waals surface area contributed by atoms with Crippen LogP contribution in [0.4, 0.5) is 22.7 Å². The van der Waals surface area contributed by atoms with Crippen LogP contribution in [0.15, 0.2) is 60.7 Å². The van der Waals surface area contributed by atoms with Crippen LogP contribution in [0.2, 0.25) is 0 Å². The van der Waals surface area contributed by atoms with Gasteiger partial charge in [-0.1, -0.05) is 29.8 Å². The van der Waals surface area contributed by atoms with E-state index in [9.17, 15) is 29.8 Å². The SMILES string of the molecule is Cc1ccc(CN2C(=O)COc3ccc(NC(=O)c4cc([N+](=O)[O-])cc([N+](=O)[O-])c4)cc32)cc1. The average Bonchev–Trinajstić information content (AvgIpc) is 2.81. The van der Waals surface area contributed by atoms with Crippen molar-refractivity contribution in [1.29, 1.82) is 0 Å². The van der Waals surface area contributed by atoms with Gasteiger partial charge in [-0.3, -0.25) is 29.8 Å². The first-order chi connectivity index (χ1) is 16.2. The molecule has 0 bridgehead atoms. The molecule has 1 aliphatic heterocycles. The van der Waals surface area contributed by atoms with E-state index in [1.165, 1.54) is 4.90 Å². The van der Waals surface area contributed by atoms with Crippen LogP contribution >= 0.6 is 0 Å². The van der Waals surface area contributed by atoms with Gasteiger partial charge in [0, 0.05) is 17.8 Å². The summed E-state index contributed by atoms with van der Waals surface area (Å²) in [7, 11) is 0. The van der Waals surface area contributed by atoms with Crippen molar-refractivity contribution < 1.29 is 24.2 Å². The fourth-order valence-electron chi connectivity index (χ4n) is 3.47. The first-order valence-electron chi connectivity index (χ1n) is 10.1. The molecule has 0 spiro atoms. The van der Waals surface area contributed by atoms with Gasteiger partial charge in [0.2, 0.25) is 0 Å². The summed E-state index contributed by atoms with van der Waals surface area (Å²) in [4.78, 5) is 47.4. The molecule has 1 N–H and O–H groups in total. The second kappa shape index (κ2) is 8.98. The Kier molecular flexibility index (Phi) is 5.92. The highest BCUT2D eigenvalue weighted by molar-refractivity contribution is 6.06. The zero-order valence-electron chi connectivity index (χ0n) is 17.9. The van der Waals surface area contributed by atoms with Crippen molar-refractivity contribution in [3.05, 3.63) is 97.6 Å². The lowest BCUT2D eigenvalue weighted by molar-refractivity contribution is -0.394. The van der Waals surface area contributed by atoms with Crippen molar-refractivity contribution in [3.8, 4) is 5.75 Å². The van der Waals surface area contributed by atoms with Gasteiger partial charge in [-0.2, -0.15) is 0 Å². The summed E-state index contributed by atoms with van der Waals surface area (Å²) in [5, 5.41) is 24.8. The third-order valence-electron chi connectivity index (χ3n) is 5.21. The minimum Gasteiger partial charge on any atom is -0.482 e. The number of rotatable bonds is 6. The van der Waals surface area contributed by atoms with Crippen LogP contribution < -0.4 is 15.0 Å². The van der Waals surface area contributed by atoms with Gasteiger partial charge in [-0.15, -0.1) is 0 Å². The molecule has 11 nitrogen and oxygen atoms in total. The number of aryl methyl sites for hydroxylation is 1. The number of carbonyl (C=O) groups is 2. The highest BCUT2D eigenvalue weighted by atomic mass is 16.6. The lowest BCUT2D eigenvalue weighted by atomic mass is 10.1. The predicted octanol–water partition coefficient (Wildman–Crippen LogP) is 3.99. The molecule has 0 aliphatic carbocycles. The van der Waals surface area contributed by atoms with Gasteiger partial charge in [-0.05, 0) is 30.7 Å². The molecule has 0 atom stereocenters. The third-order valence-corrected chi connectivity index (χ3v) is 5.21. The van der Waals surface area contributed by atoms with Crippen molar-refractivity contribution in [1.82, 2.24) is 0 Å². The Bertz CT molecular complexity index is 1290. The fraction of sp³-hybridized carbons (Fsp3) is 0.130. The molecule has 0 saturated heterocycles. The third kappa shape index (κ3) is 4.67. The van der Waals surface area contributed by atoms with Crippen LogP contribution in [0.25, 0.3) is 0 Å². The molecule has 11 heteroatoms. The first-order valence-corrected chi connectivity index (χ1v) is 10.1. The van der Waals surface area contributed by atoms with Crippen molar-refractivity contribution in [2.75, 3.05) is 16.8 Å². The van der Waals surface area contributed by atoms with E-state index < -0.39 is 27.1 Å². The monoisotopic (exact) mass is 462 g/mol. The number of carbonyl (C=O) groups excluding carboxylic acids is 2. The second-order valence-corrected chi connectivity index (χ2v) is 7.64. The molecule has 0 unspecified atom stereocenters. The number of nitrogens with one attached hydrogen (secondary N) is 1. The Balaban J connectivity index is 1.62. The Morgan fingerprint density at radius 3 is 2.26 bits per heavy atom. The summed E-state index contributed by atoms with van der Waals surface area (Å²) >= 11 is 0. The Morgan fingerprint density at radius 2 is 1.65 bits per heavy atom. The van der Waals surface area contributed by atoms with E-state index in [-0.39, 0.29) is 23.8 Å². The molecule has 2 amide bonds. The maximum atomic E-state index is 12.7. The van der Waals surface area contributed by atoms with Crippen molar-refractivity contribution in [3.63, 3.8) is 0 Å². The average molecular weight is 462 g/mol. The number of hydrogen-bond donors (Lipinski definition) is 1. The number of nitro groups is 2. The molecule has 4 rings (SSSR count). The van der Waals surface area contributed by atoms with Crippen molar-refractivity contribution in [2.24, 2.45) is 0 Å². The number of amides is 2. The molecule has 3 aromatic carbocycles. The number of nitro benzene ring substituents is 2. The van der Waals surface area contributed by atoms with Crippen LogP contribution in [0.5, 0.6) is 5.75 Å². The predicted molar refractivity (Wildman–Crippen MR) is 122 cm³/mol. The van der Waals surface area contributed by atoms with Crippen LogP contribution in [0.3, 0.4) is 0 Å². The molecular weight excluding hydrogens is 444 g/mol. The summed E-state index contributed by atoms with van der Waals surface area (Å²) in [5.41, 5.74) is 1.32. The Morgan fingerprint density at radius 1 is 1.00 bits per heavy atom. The van der Waals surface area contributed by atoms with Crippen molar-refractivity contribution in [2.45, 2.75) is 13.5 Å². The van der Waals surface area contributed by atoms with E-state index in [2.05, 4.69) is 5.32 Å². The largest absolute Gasteiger partial charge is 0.482 e. The normalized spacial score (nSPS) is 12.5. The molecule has 3 aromatic rings. The van der Waals surface area contributed by atoms with E-state index >= 15 is 0 Å². The summed E-state index contributed by atoms with van der Waals surface area (Å²) in [6, 6.07) is 15.1. The quantitative estimate of drug-likeness (QED) is 0.431. The maximum absolute atomic E-state index is 12.7. The van der Waals surface area contributed by atoms with E-state index in [0.29, 0.717) is 18.0 Å². The minimum absolute atomic E-state index is 0.123. The van der Waals surface area contributed by atoms with Crippen LogP contribution in [-0.4, -0.2) is 28.3 Å². The summed E-state index contributed by atoms with van der Waals surface area (Å²) in [5.74, 6) is -0.582. The second-order valence-electron chi connectivity index (χ2n) is 7.64. The van der Waals surface area contributed by atoms with Crippen LogP contribution in [-0.2, 0) is 11.3 Å². The zero-order valence-corrected chi connectivity index (χ0v) is 17.9. The van der Waals surface area contributed by atoms with Crippen LogP contribution in [0, 0.1) is 27.2 Å². The van der Waals surface area contributed by atoms with Gasteiger partial charge in [0.05, 0.1) is 33.7 Å². The number of benzene rings is 3. The Hall–Kier alpha value is -4.80. The molecule has 1 heterocycles. The summed E-state index contributed by atoms with van der Waals surface area (Å²) < 4.78 is 5.50. The van der Waals surface area contributed by atoms with Gasteiger partial charge in [0.1, 0.15) is 5.75 Å². The molecule has 0 radical (unpaired) electrons. The number of hydrogen-bond acceptors (Lipinski definition) is 7. The first kappa shape index (κ1) is 22.4. The number of nitrogens with zero attached hydrogens (tertiary/aromatic N) is 3. The van der Waals surface area contributed by atoms with Crippen LogP contribution in [0.1, 0.15) is 21.5 Å². The fourth-order valence-corrected chi connectivity index (χ4v) is 3.47. The molecule has 172 valence electrons. The van der Waals surface area contributed by atoms with E-state index in [0.717, 1.165) is 29.3 Å². The molecule has 0 fully saturated rings. The maximum Gasteiger partial charge on any atom is 0.277 e. The van der Waals surface area contributed by atoms with Gasteiger partial charge in [0.15, 0.2) is 6.61 Å².